The molecule has 0 aromatic rings. The van der Waals surface area contributed by atoms with Gasteiger partial charge in [-0.3, -0.25) is 4.79 Å². The van der Waals surface area contributed by atoms with Gasteiger partial charge in [-0.25, -0.2) is 4.79 Å². The minimum absolute atomic E-state index is 0.0243. The van der Waals surface area contributed by atoms with E-state index in [2.05, 4.69) is 6.92 Å². The number of carboxylic acids is 1. The summed E-state index contributed by atoms with van der Waals surface area (Å²) >= 11 is 0. The van der Waals surface area contributed by atoms with Crippen molar-refractivity contribution in [2.75, 3.05) is 26.2 Å². The fourth-order valence-electron chi connectivity index (χ4n) is 2.14. The molecule has 0 atom stereocenters. The second-order valence-corrected chi connectivity index (χ2v) is 5.11. The second-order valence-electron chi connectivity index (χ2n) is 5.11. The Kier molecular flexibility index (Phi) is 3.54. The van der Waals surface area contributed by atoms with E-state index in [1.165, 1.54) is 12.8 Å². The predicted molar refractivity (Wildman–Crippen MR) is 62.7 cm³/mol. The molecule has 1 heterocycles. The molecule has 2 amide bonds. The number of hydrogen-bond acceptors (Lipinski definition) is 2. The van der Waals surface area contributed by atoms with Crippen LogP contribution in [0.15, 0.2) is 0 Å². The van der Waals surface area contributed by atoms with Crippen molar-refractivity contribution in [1.29, 1.82) is 0 Å². The highest BCUT2D eigenvalue weighted by molar-refractivity contribution is 5.79. The molecule has 2 rings (SSSR count). The van der Waals surface area contributed by atoms with Crippen molar-refractivity contribution in [1.82, 2.24) is 9.80 Å². The zero-order valence-corrected chi connectivity index (χ0v) is 10.3. The molecule has 17 heavy (non-hydrogen) atoms. The fourth-order valence-corrected chi connectivity index (χ4v) is 2.14. The number of urea groups is 1. The minimum atomic E-state index is -0.793. The van der Waals surface area contributed by atoms with Gasteiger partial charge in [-0.2, -0.15) is 0 Å². The van der Waals surface area contributed by atoms with E-state index in [4.69, 9.17) is 5.11 Å². The zero-order chi connectivity index (χ0) is 12.4. The molecule has 1 saturated heterocycles. The quantitative estimate of drug-likeness (QED) is 0.786. The van der Waals surface area contributed by atoms with E-state index < -0.39 is 5.97 Å². The molecule has 0 aromatic carbocycles. The van der Waals surface area contributed by atoms with Crippen LogP contribution in [0.1, 0.15) is 26.2 Å². The standard InChI is InChI=1S/C12H20N2O3/c1-2-5-13(6-9-3-4-9)12(17)14-7-10(8-14)11(15)16/h9-10H,2-8H2,1H3,(H,15,16). The summed E-state index contributed by atoms with van der Waals surface area (Å²) in [5, 5.41) is 8.78. The highest BCUT2D eigenvalue weighted by Gasteiger charge is 2.38. The van der Waals surface area contributed by atoms with Gasteiger partial charge in [0.05, 0.1) is 5.92 Å². The van der Waals surface area contributed by atoms with E-state index in [0.717, 1.165) is 19.5 Å². The lowest BCUT2D eigenvalue weighted by Gasteiger charge is -2.40. The predicted octanol–water partition coefficient (Wildman–Crippen LogP) is 1.24. The summed E-state index contributed by atoms with van der Waals surface area (Å²) in [4.78, 5) is 26.3. The molecule has 5 nitrogen and oxygen atoms in total. The number of hydrogen-bond donors (Lipinski definition) is 1. The Labute approximate surface area is 101 Å². The van der Waals surface area contributed by atoms with Gasteiger partial charge in [-0.05, 0) is 25.2 Å². The lowest BCUT2D eigenvalue weighted by molar-refractivity contribution is -0.146. The number of likely N-dealkylation sites (tertiary alicyclic amines) is 1. The maximum atomic E-state index is 12.1. The van der Waals surface area contributed by atoms with Crippen LogP contribution >= 0.6 is 0 Å². The number of aliphatic carboxylic acids is 1. The van der Waals surface area contributed by atoms with Crippen LogP contribution in [0.2, 0.25) is 0 Å². The van der Waals surface area contributed by atoms with Crippen molar-refractivity contribution in [2.24, 2.45) is 11.8 Å². The van der Waals surface area contributed by atoms with Crippen LogP contribution < -0.4 is 0 Å². The summed E-state index contributed by atoms with van der Waals surface area (Å²) < 4.78 is 0. The Morgan fingerprint density at radius 3 is 2.47 bits per heavy atom. The monoisotopic (exact) mass is 240 g/mol. The molecule has 1 N–H and O–H groups in total. The van der Waals surface area contributed by atoms with Crippen LogP contribution in [0.4, 0.5) is 4.79 Å². The van der Waals surface area contributed by atoms with Gasteiger partial charge in [0.2, 0.25) is 0 Å². The highest BCUT2D eigenvalue weighted by atomic mass is 16.4. The summed E-state index contributed by atoms with van der Waals surface area (Å²) in [6, 6.07) is 0.0243. The maximum absolute atomic E-state index is 12.1. The van der Waals surface area contributed by atoms with Crippen molar-refractivity contribution in [2.45, 2.75) is 26.2 Å². The van der Waals surface area contributed by atoms with Crippen LogP contribution in [-0.4, -0.2) is 53.1 Å². The van der Waals surface area contributed by atoms with Crippen LogP contribution in [0, 0.1) is 11.8 Å². The number of rotatable bonds is 5. The molecular weight excluding hydrogens is 220 g/mol. The van der Waals surface area contributed by atoms with Crippen LogP contribution in [0.5, 0.6) is 0 Å². The van der Waals surface area contributed by atoms with Gasteiger partial charge in [0.25, 0.3) is 0 Å². The van der Waals surface area contributed by atoms with Crippen LogP contribution in [0.3, 0.4) is 0 Å². The maximum Gasteiger partial charge on any atom is 0.320 e. The lowest BCUT2D eigenvalue weighted by atomic mass is 10.0. The topological polar surface area (TPSA) is 60.9 Å². The van der Waals surface area contributed by atoms with E-state index in [1.807, 2.05) is 4.90 Å². The van der Waals surface area contributed by atoms with Gasteiger partial charge in [-0.15, -0.1) is 0 Å². The van der Waals surface area contributed by atoms with E-state index in [-0.39, 0.29) is 11.9 Å². The molecule has 0 unspecified atom stereocenters. The Bertz CT molecular complexity index is 309. The summed E-state index contributed by atoms with van der Waals surface area (Å²) in [6.07, 6.45) is 3.41. The Morgan fingerprint density at radius 1 is 1.35 bits per heavy atom. The molecule has 2 fully saturated rings. The average Bonchev–Trinajstić information content (AvgIpc) is 2.97. The number of carboxylic acid groups (broad SMARTS) is 1. The van der Waals surface area contributed by atoms with Crippen molar-refractivity contribution in [3.8, 4) is 0 Å². The Morgan fingerprint density at radius 2 is 2.00 bits per heavy atom. The van der Waals surface area contributed by atoms with E-state index in [9.17, 15) is 9.59 Å². The molecule has 1 aliphatic carbocycles. The van der Waals surface area contributed by atoms with Gasteiger partial charge < -0.3 is 14.9 Å². The first kappa shape index (κ1) is 12.2. The number of carbonyl (C=O) groups excluding carboxylic acids is 1. The van der Waals surface area contributed by atoms with Crippen molar-refractivity contribution in [3.05, 3.63) is 0 Å². The number of nitrogens with zero attached hydrogens (tertiary/aromatic N) is 2. The lowest BCUT2D eigenvalue weighted by Crippen LogP contribution is -2.57. The minimum Gasteiger partial charge on any atom is -0.481 e. The third-order valence-corrected chi connectivity index (χ3v) is 3.44. The van der Waals surface area contributed by atoms with Gasteiger partial charge in [0.1, 0.15) is 0 Å². The molecule has 0 bridgehead atoms. The average molecular weight is 240 g/mol. The van der Waals surface area contributed by atoms with Crippen LogP contribution in [-0.2, 0) is 4.79 Å². The Hall–Kier alpha value is -1.26. The number of carbonyl (C=O) groups is 2. The zero-order valence-electron chi connectivity index (χ0n) is 10.3. The second kappa shape index (κ2) is 4.94. The molecular formula is C12H20N2O3. The smallest absolute Gasteiger partial charge is 0.320 e. The SMILES string of the molecule is CCCN(CC1CC1)C(=O)N1CC(C(=O)O)C1. The first-order valence-corrected chi connectivity index (χ1v) is 6.38. The molecule has 0 aromatic heterocycles. The molecule has 2 aliphatic rings. The number of amides is 2. The molecule has 0 spiro atoms. The molecule has 0 radical (unpaired) electrons. The third kappa shape index (κ3) is 2.90. The highest BCUT2D eigenvalue weighted by Crippen LogP contribution is 2.30. The van der Waals surface area contributed by atoms with Gasteiger partial charge in [0, 0.05) is 26.2 Å². The summed E-state index contributed by atoms with van der Waals surface area (Å²) in [5.41, 5.74) is 0. The van der Waals surface area contributed by atoms with Crippen molar-refractivity contribution >= 4 is 12.0 Å². The van der Waals surface area contributed by atoms with Gasteiger partial charge in [0.15, 0.2) is 0 Å². The van der Waals surface area contributed by atoms with Gasteiger partial charge >= 0.3 is 12.0 Å². The van der Waals surface area contributed by atoms with Crippen molar-refractivity contribution < 1.29 is 14.7 Å². The van der Waals surface area contributed by atoms with E-state index in [0.29, 0.717) is 19.0 Å². The summed E-state index contributed by atoms with van der Waals surface area (Å²) in [7, 11) is 0. The first-order valence-electron chi connectivity index (χ1n) is 6.38. The summed E-state index contributed by atoms with van der Waals surface area (Å²) in [6.45, 7) is 4.44. The van der Waals surface area contributed by atoms with E-state index >= 15 is 0 Å². The first-order chi connectivity index (χ1) is 8.11. The Balaban J connectivity index is 1.81. The van der Waals surface area contributed by atoms with E-state index in [1.54, 1.807) is 4.90 Å². The van der Waals surface area contributed by atoms with Crippen molar-refractivity contribution in [3.63, 3.8) is 0 Å². The molecule has 1 aliphatic heterocycles. The summed E-state index contributed by atoms with van der Waals surface area (Å²) in [5.74, 6) is -0.469. The third-order valence-electron chi connectivity index (χ3n) is 3.44. The molecule has 1 saturated carbocycles. The van der Waals surface area contributed by atoms with Crippen LogP contribution in [0.25, 0.3) is 0 Å². The largest absolute Gasteiger partial charge is 0.481 e. The normalized spacial score (nSPS) is 19.9. The fraction of sp³-hybridized carbons (Fsp3) is 0.833. The molecule has 5 heteroatoms. The molecule has 96 valence electrons. The van der Waals surface area contributed by atoms with Gasteiger partial charge in [-0.1, -0.05) is 6.92 Å².